The smallest absolute Gasteiger partial charge is 0.227 e. The monoisotopic (exact) mass is 288 g/mol. The zero-order valence-electron chi connectivity index (χ0n) is 12.9. The van der Waals surface area contributed by atoms with E-state index in [1.807, 2.05) is 14.1 Å². The lowest BCUT2D eigenvalue weighted by atomic mass is 9.95. The van der Waals surface area contributed by atoms with Crippen LogP contribution in [0.25, 0.3) is 0 Å². The summed E-state index contributed by atoms with van der Waals surface area (Å²) in [5.74, 6) is -0.434. The number of aliphatic imine (C=N–C) groups is 1. The molecule has 0 saturated carbocycles. The van der Waals surface area contributed by atoms with Crippen molar-refractivity contribution in [2.45, 2.75) is 26.7 Å². The van der Waals surface area contributed by atoms with Crippen molar-refractivity contribution >= 4 is 17.3 Å². The summed E-state index contributed by atoms with van der Waals surface area (Å²) in [4.78, 5) is 39.2. The Morgan fingerprint density at radius 3 is 2.33 bits per heavy atom. The number of nitrogens with zero attached hydrogens (tertiary/aromatic N) is 4. The number of Topliss-reactive ketones (excluding diaryl/α,β-unsaturated/α-hetero) is 2. The Labute approximate surface area is 124 Å². The van der Waals surface area contributed by atoms with Gasteiger partial charge in [-0.25, -0.2) is 9.97 Å². The van der Waals surface area contributed by atoms with Gasteiger partial charge in [-0.3, -0.25) is 14.6 Å². The van der Waals surface area contributed by atoms with E-state index >= 15 is 0 Å². The first-order valence-corrected chi connectivity index (χ1v) is 7.01. The van der Waals surface area contributed by atoms with Crippen LogP contribution in [0.15, 0.2) is 4.99 Å². The third kappa shape index (κ3) is 3.39. The molecule has 0 fully saturated rings. The van der Waals surface area contributed by atoms with Gasteiger partial charge < -0.3 is 4.90 Å². The molecule has 0 unspecified atom stereocenters. The molecule has 0 aliphatic heterocycles. The second-order valence-electron chi connectivity index (χ2n) is 5.51. The van der Waals surface area contributed by atoms with E-state index in [0.717, 1.165) is 13.0 Å². The van der Waals surface area contributed by atoms with Crippen molar-refractivity contribution in [1.82, 2.24) is 14.9 Å². The van der Waals surface area contributed by atoms with E-state index in [0.29, 0.717) is 23.6 Å². The summed E-state index contributed by atoms with van der Waals surface area (Å²) in [5, 5.41) is 0. The largest absolute Gasteiger partial charge is 0.309 e. The van der Waals surface area contributed by atoms with Crippen LogP contribution in [0.3, 0.4) is 0 Å². The molecule has 0 aromatic carbocycles. The summed E-state index contributed by atoms with van der Waals surface area (Å²) in [5.41, 5.74) is 2.00. The Bertz CT molecular complexity index is 620. The summed E-state index contributed by atoms with van der Waals surface area (Å²) >= 11 is 0. The minimum Gasteiger partial charge on any atom is -0.309 e. The highest BCUT2D eigenvalue weighted by atomic mass is 16.1. The topological polar surface area (TPSA) is 75.5 Å². The fourth-order valence-corrected chi connectivity index (χ4v) is 2.14. The fraction of sp³-hybridized carbons (Fsp3) is 0.533. The van der Waals surface area contributed by atoms with Gasteiger partial charge in [-0.1, -0.05) is 0 Å². The molecule has 2 rings (SSSR count). The SMILES string of the molecule is Cc1nc2c(nc1C)C(=O)C(=NCCCN(C)C)CC2=O. The van der Waals surface area contributed by atoms with E-state index in [1.165, 1.54) is 0 Å². The highest BCUT2D eigenvalue weighted by Crippen LogP contribution is 2.18. The van der Waals surface area contributed by atoms with Crippen LogP contribution >= 0.6 is 0 Å². The maximum Gasteiger partial charge on any atom is 0.227 e. The second kappa shape index (κ2) is 6.22. The van der Waals surface area contributed by atoms with Gasteiger partial charge in [0, 0.05) is 6.54 Å². The van der Waals surface area contributed by atoms with Gasteiger partial charge in [0.25, 0.3) is 0 Å². The van der Waals surface area contributed by atoms with Gasteiger partial charge in [0.2, 0.25) is 5.78 Å². The van der Waals surface area contributed by atoms with Crippen LogP contribution < -0.4 is 0 Å². The quantitative estimate of drug-likeness (QED) is 0.780. The van der Waals surface area contributed by atoms with E-state index < -0.39 is 0 Å². The number of carbonyl (C=O) groups is 2. The van der Waals surface area contributed by atoms with Crippen molar-refractivity contribution in [3.63, 3.8) is 0 Å². The Hall–Kier alpha value is -1.95. The van der Waals surface area contributed by atoms with E-state index in [9.17, 15) is 9.59 Å². The van der Waals surface area contributed by atoms with Crippen molar-refractivity contribution in [2.75, 3.05) is 27.2 Å². The fourth-order valence-electron chi connectivity index (χ4n) is 2.14. The van der Waals surface area contributed by atoms with Crippen LogP contribution in [0.1, 0.15) is 45.2 Å². The number of hydrogen-bond acceptors (Lipinski definition) is 6. The number of aromatic nitrogens is 2. The van der Waals surface area contributed by atoms with E-state index in [-0.39, 0.29) is 29.4 Å². The van der Waals surface area contributed by atoms with Gasteiger partial charge in [-0.05, 0) is 40.9 Å². The van der Waals surface area contributed by atoms with Gasteiger partial charge in [0.1, 0.15) is 11.4 Å². The Morgan fingerprint density at radius 2 is 1.71 bits per heavy atom. The molecule has 6 heteroatoms. The first-order valence-electron chi connectivity index (χ1n) is 7.01. The van der Waals surface area contributed by atoms with Crippen LogP contribution in [0.5, 0.6) is 0 Å². The standard InChI is InChI=1S/C15H20N4O2/c1-9-10(2)18-14-13(17-9)12(20)8-11(15(14)21)16-6-5-7-19(3)4/h5-8H2,1-4H3. The summed E-state index contributed by atoms with van der Waals surface area (Å²) in [6.45, 7) is 5.00. The lowest BCUT2D eigenvalue weighted by molar-refractivity contribution is 0.0956. The normalized spacial score (nSPS) is 16.7. The first kappa shape index (κ1) is 15.4. The molecule has 1 aromatic rings. The van der Waals surface area contributed by atoms with Crippen molar-refractivity contribution in [3.05, 3.63) is 22.8 Å². The number of aryl methyl sites for hydroxylation is 2. The van der Waals surface area contributed by atoms with E-state index in [2.05, 4.69) is 19.9 Å². The molecule has 0 amide bonds. The maximum atomic E-state index is 12.4. The van der Waals surface area contributed by atoms with Crippen LogP contribution in [-0.2, 0) is 0 Å². The van der Waals surface area contributed by atoms with E-state index in [1.54, 1.807) is 13.8 Å². The van der Waals surface area contributed by atoms with Gasteiger partial charge in [-0.2, -0.15) is 0 Å². The molecular weight excluding hydrogens is 268 g/mol. The highest BCUT2D eigenvalue weighted by molar-refractivity contribution is 6.52. The van der Waals surface area contributed by atoms with Crippen LogP contribution in [0.2, 0.25) is 0 Å². The number of rotatable bonds is 4. The summed E-state index contributed by atoms with van der Waals surface area (Å²) in [7, 11) is 3.97. The molecule has 1 aliphatic carbocycles. The average molecular weight is 288 g/mol. The third-order valence-corrected chi connectivity index (χ3v) is 3.44. The molecule has 6 nitrogen and oxygen atoms in total. The van der Waals surface area contributed by atoms with Crippen molar-refractivity contribution in [1.29, 1.82) is 0 Å². The third-order valence-electron chi connectivity index (χ3n) is 3.44. The van der Waals surface area contributed by atoms with Crippen molar-refractivity contribution in [3.8, 4) is 0 Å². The molecule has 0 radical (unpaired) electrons. The Balaban J connectivity index is 2.22. The Morgan fingerprint density at radius 1 is 1.10 bits per heavy atom. The lowest BCUT2D eigenvalue weighted by Crippen LogP contribution is -2.30. The summed E-state index contributed by atoms with van der Waals surface area (Å²) < 4.78 is 0. The predicted molar refractivity (Wildman–Crippen MR) is 80.3 cm³/mol. The highest BCUT2D eigenvalue weighted by Gasteiger charge is 2.32. The number of hydrogen-bond donors (Lipinski definition) is 0. The minimum absolute atomic E-state index is 0.0327. The number of fused-ring (bicyclic) bond motifs is 1. The molecule has 0 spiro atoms. The molecule has 0 bridgehead atoms. The molecule has 0 N–H and O–H groups in total. The van der Waals surface area contributed by atoms with Crippen LogP contribution in [0.4, 0.5) is 0 Å². The average Bonchev–Trinajstić information content (AvgIpc) is 2.42. The molecule has 1 heterocycles. The zero-order chi connectivity index (χ0) is 15.6. The number of carbonyl (C=O) groups excluding carboxylic acids is 2. The lowest BCUT2D eigenvalue weighted by Gasteiger charge is -2.15. The van der Waals surface area contributed by atoms with Crippen molar-refractivity contribution in [2.24, 2.45) is 4.99 Å². The van der Waals surface area contributed by atoms with Crippen LogP contribution in [0, 0.1) is 13.8 Å². The molecule has 21 heavy (non-hydrogen) atoms. The second-order valence-corrected chi connectivity index (χ2v) is 5.51. The first-order chi connectivity index (χ1) is 9.90. The molecule has 1 aromatic heterocycles. The van der Waals surface area contributed by atoms with Crippen LogP contribution in [-0.4, -0.2) is 59.3 Å². The van der Waals surface area contributed by atoms with Gasteiger partial charge >= 0.3 is 0 Å². The number of ketones is 2. The van der Waals surface area contributed by atoms with Gasteiger partial charge in [0.15, 0.2) is 5.78 Å². The zero-order valence-corrected chi connectivity index (χ0v) is 12.9. The molecule has 0 saturated heterocycles. The summed E-state index contributed by atoms with van der Waals surface area (Å²) in [6, 6.07) is 0. The maximum absolute atomic E-state index is 12.4. The Kier molecular flexibility index (Phi) is 4.57. The van der Waals surface area contributed by atoms with Gasteiger partial charge in [-0.15, -0.1) is 0 Å². The molecule has 1 aliphatic rings. The molecular formula is C15H20N4O2. The van der Waals surface area contributed by atoms with E-state index in [4.69, 9.17) is 0 Å². The summed E-state index contributed by atoms with van der Waals surface area (Å²) in [6.07, 6.45) is 0.883. The van der Waals surface area contributed by atoms with Gasteiger partial charge in [0.05, 0.1) is 23.5 Å². The molecule has 112 valence electrons. The minimum atomic E-state index is -0.259. The molecule has 0 atom stereocenters. The predicted octanol–water partition coefficient (Wildman–Crippen LogP) is 1.26. The van der Waals surface area contributed by atoms with Crippen molar-refractivity contribution < 1.29 is 9.59 Å².